The monoisotopic (exact) mass is 782 g/mol. The predicted molar refractivity (Wildman–Crippen MR) is 269 cm³/mol. The molecule has 0 spiro atoms. The van der Waals surface area contributed by atoms with Gasteiger partial charge in [-0.2, -0.15) is 0 Å². The van der Waals surface area contributed by atoms with Crippen LogP contribution in [0.5, 0.6) is 0 Å². The van der Waals surface area contributed by atoms with Crippen molar-refractivity contribution in [2.75, 3.05) is 0 Å². The van der Waals surface area contributed by atoms with E-state index in [9.17, 15) is 0 Å². The van der Waals surface area contributed by atoms with Crippen LogP contribution in [0.15, 0.2) is 176 Å². The van der Waals surface area contributed by atoms with Gasteiger partial charge in [-0.15, -0.1) is 0 Å². The first kappa shape index (κ1) is 33.2. The van der Waals surface area contributed by atoms with E-state index in [0.717, 1.165) is 0 Å². The quantitative estimate of drug-likeness (QED) is 0.121. The van der Waals surface area contributed by atoms with Gasteiger partial charge in [-0.25, -0.2) is 0 Å². The molecule has 0 atom stereocenters. The third-order valence-corrected chi connectivity index (χ3v) is 15.0. The third-order valence-electron chi connectivity index (χ3n) is 15.0. The summed E-state index contributed by atoms with van der Waals surface area (Å²) in [7, 11) is 0. The molecule has 0 N–H and O–H groups in total. The largest absolute Gasteiger partial charge is 0.0622 e. The minimum atomic E-state index is 0.0825. The van der Waals surface area contributed by atoms with Gasteiger partial charge in [0.25, 0.3) is 0 Å². The first-order valence-corrected chi connectivity index (χ1v) is 22.1. The van der Waals surface area contributed by atoms with Crippen molar-refractivity contribution in [1.82, 2.24) is 0 Å². The molecule has 0 fully saturated rings. The molecule has 14 aromatic carbocycles. The summed E-state index contributed by atoms with van der Waals surface area (Å²) >= 11 is 0. The molecule has 1 aliphatic rings. The van der Waals surface area contributed by atoms with Crippen LogP contribution < -0.4 is 0 Å². The Labute approximate surface area is 358 Å². The maximum Gasteiger partial charge on any atom is -0.000718 e. The van der Waals surface area contributed by atoms with E-state index in [1.807, 2.05) is 0 Å². The van der Waals surface area contributed by atoms with Crippen LogP contribution in [0.4, 0.5) is 0 Å². The molecule has 0 amide bonds. The van der Waals surface area contributed by atoms with E-state index in [1.165, 1.54) is 158 Å². The highest BCUT2D eigenvalue weighted by molar-refractivity contribution is 6.48. The fourth-order valence-corrected chi connectivity index (χ4v) is 12.4. The summed E-state index contributed by atoms with van der Waals surface area (Å²) in [4.78, 5) is 0. The summed E-state index contributed by atoms with van der Waals surface area (Å²) in [5.41, 5.74) is 12.1. The third kappa shape index (κ3) is 3.91. The molecule has 0 saturated heterocycles. The van der Waals surface area contributed by atoms with Crippen molar-refractivity contribution < 1.29 is 0 Å². The molecule has 0 unspecified atom stereocenters. The van der Waals surface area contributed by atoms with Gasteiger partial charge in [-0.3, -0.25) is 0 Å². The molecular weight excluding hydrogens is 745 g/mol. The zero-order valence-corrected chi connectivity index (χ0v) is 34.7. The maximum absolute atomic E-state index is 2.54. The second-order valence-electron chi connectivity index (χ2n) is 19.0. The van der Waals surface area contributed by atoms with Crippen LogP contribution in [0.2, 0.25) is 0 Å². The predicted octanol–water partition coefficient (Wildman–Crippen LogP) is 17.8. The van der Waals surface area contributed by atoms with Crippen molar-refractivity contribution in [1.29, 1.82) is 0 Å². The molecule has 0 aliphatic heterocycles. The van der Waals surface area contributed by atoms with Crippen LogP contribution in [0, 0.1) is 0 Å². The van der Waals surface area contributed by atoms with E-state index >= 15 is 0 Å². The Hall–Kier alpha value is -7.54. The van der Waals surface area contributed by atoms with Crippen molar-refractivity contribution in [2.24, 2.45) is 0 Å². The summed E-state index contributed by atoms with van der Waals surface area (Å²) in [6, 6.07) is 67.6. The van der Waals surface area contributed by atoms with Crippen molar-refractivity contribution >= 4 is 108 Å². The van der Waals surface area contributed by atoms with Crippen LogP contribution in [-0.4, -0.2) is 0 Å². The lowest BCUT2D eigenvalue weighted by molar-refractivity contribution is 0.590. The Morgan fingerprint density at radius 2 is 0.694 bits per heavy atom. The summed E-state index contributed by atoms with van der Waals surface area (Å²) in [6.07, 6.45) is 0. The molecule has 0 aromatic heterocycles. The van der Waals surface area contributed by atoms with Crippen LogP contribution in [0.1, 0.15) is 26.3 Å². The van der Waals surface area contributed by atoms with Gasteiger partial charge < -0.3 is 0 Å². The molecule has 0 heteroatoms. The molecular formula is C62H38. The summed E-state index contributed by atoms with van der Waals surface area (Å²) < 4.78 is 0. The fraction of sp³-hybridized carbons (Fsp3) is 0.0645. The fourth-order valence-electron chi connectivity index (χ4n) is 12.4. The number of rotatable bonds is 2. The summed E-state index contributed by atoms with van der Waals surface area (Å²) in [6.45, 7) is 6.95. The molecule has 0 heterocycles. The second kappa shape index (κ2) is 11.2. The number of hydrogen-bond donors (Lipinski definition) is 0. The zero-order valence-electron chi connectivity index (χ0n) is 34.7. The zero-order chi connectivity index (χ0) is 40.7. The molecule has 1 aliphatic carbocycles. The van der Waals surface area contributed by atoms with Gasteiger partial charge in [0.05, 0.1) is 0 Å². The van der Waals surface area contributed by atoms with Gasteiger partial charge in [0.15, 0.2) is 0 Å². The molecule has 286 valence electrons. The van der Waals surface area contributed by atoms with Crippen molar-refractivity contribution in [2.45, 2.75) is 26.2 Å². The SMILES string of the molecule is CC(C)(C)c1ccc2c(c1)-c1ccc3c4ccc5c6c(-c7ccccc7)c7c(cc8c9ccccc9c9cccc7c98)c(-c7ccccc7)c6c6ccc(c7ccc-2c1c73)c4c65. The van der Waals surface area contributed by atoms with Crippen molar-refractivity contribution in [3.8, 4) is 44.5 Å². The van der Waals surface area contributed by atoms with Gasteiger partial charge >= 0.3 is 0 Å². The Morgan fingerprint density at radius 1 is 0.242 bits per heavy atom. The summed E-state index contributed by atoms with van der Waals surface area (Å²) in [5, 5.41) is 26.9. The van der Waals surface area contributed by atoms with Gasteiger partial charge in [0.1, 0.15) is 0 Å². The van der Waals surface area contributed by atoms with Crippen LogP contribution in [-0.2, 0) is 5.41 Å². The normalized spacial score (nSPS) is 13.1. The van der Waals surface area contributed by atoms with E-state index in [-0.39, 0.29) is 5.41 Å². The van der Waals surface area contributed by atoms with Gasteiger partial charge in [-0.1, -0.05) is 185 Å². The first-order chi connectivity index (χ1) is 30.4. The average Bonchev–Trinajstić information content (AvgIpc) is 3.94. The molecule has 0 saturated carbocycles. The van der Waals surface area contributed by atoms with E-state index in [1.54, 1.807) is 0 Å². The molecule has 0 nitrogen and oxygen atoms in total. The summed E-state index contributed by atoms with van der Waals surface area (Å²) in [5.74, 6) is 0. The maximum atomic E-state index is 2.54. The Kier molecular flexibility index (Phi) is 6.02. The Bertz CT molecular complexity index is 4240. The van der Waals surface area contributed by atoms with E-state index in [0.29, 0.717) is 0 Å². The van der Waals surface area contributed by atoms with Gasteiger partial charge in [0.2, 0.25) is 0 Å². The standard InChI is InChI=1S/C62H38/c1-62(2,3)35-21-22-38-40-23-24-41-43-27-29-47-58-48(30-28-44(57(43)58)42-25-26-45(49(38)31-35)55(40)56(41)42)61-53(34-15-8-5-9-16-34)59-46-20-12-19-39-36-17-10-11-18-37(36)50(54(39)46)32-51(59)52(60(47)61)33-13-6-4-7-14-33/h4-32H,1-3H3. The minimum absolute atomic E-state index is 0.0825. The lowest BCUT2D eigenvalue weighted by Gasteiger charge is -2.20. The van der Waals surface area contributed by atoms with E-state index < -0.39 is 0 Å². The topological polar surface area (TPSA) is 0 Å². The van der Waals surface area contributed by atoms with Crippen molar-refractivity contribution in [3.63, 3.8) is 0 Å². The highest BCUT2D eigenvalue weighted by Gasteiger charge is 2.30. The molecule has 62 heavy (non-hydrogen) atoms. The molecule has 15 rings (SSSR count). The van der Waals surface area contributed by atoms with E-state index in [2.05, 4.69) is 197 Å². The lowest BCUT2D eigenvalue weighted by atomic mass is 9.84. The highest BCUT2D eigenvalue weighted by Crippen LogP contribution is 2.58. The van der Waals surface area contributed by atoms with Crippen LogP contribution in [0.3, 0.4) is 0 Å². The molecule has 14 aromatic rings. The number of hydrogen-bond acceptors (Lipinski definition) is 0. The lowest BCUT2D eigenvalue weighted by Crippen LogP contribution is -2.10. The molecule has 0 bridgehead atoms. The average molecular weight is 783 g/mol. The first-order valence-electron chi connectivity index (χ1n) is 22.1. The number of benzene rings is 12. The minimum Gasteiger partial charge on any atom is -0.0622 e. The smallest absolute Gasteiger partial charge is 0.000718 e. The Morgan fingerprint density at radius 3 is 1.35 bits per heavy atom. The van der Waals surface area contributed by atoms with E-state index in [4.69, 9.17) is 0 Å². The van der Waals surface area contributed by atoms with Gasteiger partial charge in [-0.05, 0) is 175 Å². The second-order valence-corrected chi connectivity index (χ2v) is 19.0. The molecule has 0 radical (unpaired) electrons. The number of fused-ring (bicyclic) bond motifs is 13. The van der Waals surface area contributed by atoms with Crippen molar-refractivity contribution in [3.05, 3.63) is 181 Å². The highest BCUT2D eigenvalue weighted by atomic mass is 14.3. The van der Waals surface area contributed by atoms with Crippen LogP contribution in [0.25, 0.3) is 152 Å². The van der Waals surface area contributed by atoms with Crippen LogP contribution >= 0.6 is 0 Å². The van der Waals surface area contributed by atoms with Gasteiger partial charge in [0, 0.05) is 0 Å². The Balaban J connectivity index is 1.16.